The first-order valence-corrected chi connectivity index (χ1v) is 7.12. The third-order valence-corrected chi connectivity index (χ3v) is 3.93. The summed E-state index contributed by atoms with van der Waals surface area (Å²) in [6, 6.07) is 4.14. The van der Waals surface area contributed by atoms with Crippen molar-refractivity contribution in [3.05, 3.63) is 16.9 Å². The van der Waals surface area contributed by atoms with Crippen LogP contribution in [0, 0.1) is 10.7 Å². The zero-order valence-corrected chi connectivity index (χ0v) is 12.8. The molecule has 19 heavy (non-hydrogen) atoms. The maximum atomic E-state index is 5.42. The summed E-state index contributed by atoms with van der Waals surface area (Å²) in [6.07, 6.45) is 2.27. The molecule has 104 valence electrons. The first kappa shape index (κ1) is 14.1. The molecule has 0 aliphatic rings. The Morgan fingerprint density at radius 2 is 2.16 bits per heavy atom. The standard InChI is InChI=1S/C14H21N3OS/c1-5-9(2)8-10(3)17-13-11(15-14(17)19)6-7-12(16-13)18-4/h6-7,9-10H,5,8H2,1-4H3,(H,15,19). The van der Waals surface area contributed by atoms with Crippen molar-refractivity contribution in [3.63, 3.8) is 0 Å². The maximum Gasteiger partial charge on any atom is 0.215 e. The quantitative estimate of drug-likeness (QED) is 0.838. The Morgan fingerprint density at radius 1 is 1.42 bits per heavy atom. The summed E-state index contributed by atoms with van der Waals surface area (Å²) < 4.78 is 8.02. The third kappa shape index (κ3) is 2.81. The predicted molar refractivity (Wildman–Crippen MR) is 80.3 cm³/mol. The molecule has 0 aliphatic carbocycles. The highest BCUT2D eigenvalue weighted by atomic mass is 32.1. The Bertz CT molecular complexity index is 617. The minimum absolute atomic E-state index is 0.329. The lowest BCUT2D eigenvalue weighted by Gasteiger charge is -2.17. The SMILES string of the molecule is CCC(C)CC(C)n1c(=S)[nH]c2ccc(OC)nc21. The summed E-state index contributed by atoms with van der Waals surface area (Å²) in [5.74, 6) is 1.29. The van der Waals surface area contributed by atoms with E-state index in [2.05, 4.69) is 35.3 Å². The summed E-state index contributed by atoms with van der Waals surface area (Å²) in [7, 11) is 1.63. The smallest absolute Gasteiger partial charge is 0.215 e. The fraction of sp³-hybridized carbons (Fsp3) is 0.571. The average molecular weight is 279 g/mol. The minimum Gasteiger partial charge on any atom is -0.481 e. The molecule has 2 aromatic rings. The van der Waals surface area contributed by atoms with Gasteiger partial charge in [-0.1, -0.05) is 20.3 Å². The zero-order valence-electron chi connectivity index (χ0n) is 11.9. The number of nitrogens with one attached hydrogen (secondary N) is 1. The molecule has 4 nitrogen and oxygen atoms in total. The first-order valence-electron chi connectivity index (χ1n) is 6.72. The summed E-state index contributed by atoms with van der Waals surface area (Å²) in [4.78, 5) is 7.72. The number of pyridine rings is 1. The summed E-state index contributed by atoms with van der Waals surface area (Å²) in [5.41, 5.74) is 1.84. The van der Waals surface area contributed by atoms with Gasteiger partial charge in [-0.3, -0.25) is 4.57 Å². The van der Waals surface area contributed by atoms with Crippen LogP contribution in [0.2, 0.25) is 0 Å². The van der Waals surface area contributed by atoms with Crippen LogP contribution in [0.5, 0.6) is 5.88 Å². The molecular weight excluding hydrogens is 258 g/mol. The monoisotopic (exact) mass is 279 g/mol. The summed E-state index contributed by atoms with van der Waals surface area (Å²) in [5, 5.41) is 0. The van der Waals surface area contributed by atoms with Gasteiger partial charge in [-0.25, -0.2) is 0 Å². The maximum absolute atomic E-state index is 5.42. The van der Waals surface area contributed by atoms with Crippen molar-refractivity contribution in [1.82, 2.24) is 14.5 Å². The number of methoxy groups -OCH3 is 1. The highest BCUT2D eigenvalue weighted by molar-refractivity contribution is 7.71. The van der Waals surface area contributed by atoms with E-state index in [1.54, 1.807) is 7.11 Å². The van der Waals surface area contributed by atoms with Gasteiger partial charge in [-0.2, -0.15) is 4.98 Å². The molecule has 0 saturated heterocycles. The number of hydrogen-bond donors (Lipinski definition) is 1. The average Bonchev–Trinajstić information content (AvgIpc) is 2.73. The van der Waals surface area contributed by atoms with E-state index in [4.69, 9.17) is 17.0 Å². The van der Waals surface area contributed by atoms with Crippen molar-refractivity contribution < 1.29 is 4.74 Å². The van der Waals surface area contributed by atoms with Gasteiger partial charge >= 0.3 is 0 Å². The van der Waals surface area contributed by atoms with E-state index in [1.165, 1.54) is 6.42 Å². The molecule has 2 aromatic heterocycles. The van der Waals surface area contributed by atoms with Crippen LogP contribution in [-0.2, 0) is 0 Å². The molecule has 0 fully saturated rings. The number of ether oxygens (including phenoxy) is 1. The van der Waals surface area contributed by atoms with Crippen LogP contribution in [0.3, 0.4) is 0 Å². The second kappa shape index (κ2) is 5.74. The number of nitrogens with zero attached hydrogens (tertiary/aromatic N) is 2. The Morgan fingerprint density at radius 3 is 2.79 bits per heavy atom. The zero-order chi connectivity index (χ0) is 14.0. The van der Waals surface area contributed by atoms with E-state index in [-0.39, 0.29) is 0 Å². The molecule has 0 saturated carbocycles. The Labute approximate surface area is 118 Å². The van der Waals surface area contributed by atoms with Crippen LogP contribution in [-0.4, -0.2) is 21.6 Å². The molecule has 0 aromatic carbocycles. The molecule has 2 unspecified atom stereocenters. The van der Waals surface area contributed by atoms with Crippen LogP contribution in [0.1, 0.15) is 39.7 Å². The molecule has 2 heterocycles. The largest absolute Gasteiger partial charge is 0.481 e. The lowest BCUT2D eigenvalue weighted by molar-refractivity contribution is 0.391. The highest BCUT2D eigenvalue weighted by Crippen LogP contribution is 2.25. The van der Waals surface area contributed by atoms with Gasteiger partial charge in [0.2, 0.25) is 5.88 Å². The van der Waals surface area contributed by atoms with Gasteiger partial charge in [-0.05, 0) is 37.5 Å². The van der Waals surface area contributed by atoms with Gasteiger partial charge in [0.15, 0.2) is 10.4 Å². The molecule has 5 heteroatoms. The van der Waals surface area contributed by atoms with Gasteiger partial charge in [0.1, 0.15) is 0 Å². The van der Waals surface area contributed by atoms with Crippen LogP contribution in [0.25, 0.3) is 11.2 Å². The van der Waals surface area contributed by atoms with E-state index < -0.39 is 0 Å². The van der Waals surface area contributed by atoms with Crippen LogP contribution >= 0.6 is 12.2 Å². The Balaban J connectivity index is 2.46. The van der Waals surface area contributed by atoms with Crippen molar-refractivity contribution in [2.24, 2.45) is 5.92 Å². The molecular formula is C14H21N3OS. The van der Waals surface area contributed by atoms with Crippen LogP contribution in [0.15, 0.2) is 12.1 Å². The van der Waals surface area contributed by atoms with Crippen molar-refractivity contribution >= 4 is 23.4 Å². The topological polar surface area (TPSA) is 42.8 Å². The molecule has 2 rings (SSSR count). The predicted octanol–water partition coefficient (Wildman–Crippen LogP) is 4.10. The number of hydrogen-bond acceptors (Lipinski definition) is 3. The number of aromatic nitrogens is 3. The van der Waals surface area contributed by atoms with Crippen molar-refractivity contribution in [1.29, 1.82) is 0 Å². The van der Waals surface area contributed by atoms with Crippen molar-refractivity contribution in [3.8, 4) is 5.88 Å². The number of imidazole rings is 1. The third-order valence-electron chi connectivity index (χ3n) is 3.63. The van der Waals surface area contributed by atoms with E-state index in [9.17, 15) is 0 Å². The first-order chi connectivity index (χ1) is 9.06. The van der Waals surface area contributed by atoms with Gasteiger partial charge in [0.05, 0.1) is 12.6 Å². The molecule has 0 amide bonds. The summed E-state index contributed by atoms with van der Waals surface area (Å²) >= 11 is 5.42. The van der Waals surface area contributed by atoms with E-state index in [1.807, 2.05) is 12.1 Å². The lowest BCUT2D eigenvalue weighted by Crippen LogP contribution is -2.10. The minimum atomic E-state index is 0.329. The van der Waals surface area contributed by atoms with Gasteiger partial charge in [0, 0.05) is 12.1 Å². The fourth-order valence-corrected chi connectivity index (χ4v) is 2.74. The van der Waals surface area contributed by atoms with Crippen molar-refractivity contribution in [2.45, 2.75) is 39.7 Å². The van der Waals surface area contributed by atoms with Crippen LogP contribution < -0.4 is 4.74 Å². The van der Waals surface area contributed by atoms with Gasteiger partial charge in [0.25, 0.3) is 0 Å². The van der Waals surface area contributed by atoms with E-state index in [0.29, 0.717) is 17.8 Å². The summed E-state index contributed by atoms with van der Waals surface area (Å²) in [6.45, 7) is 6.67. The molecule has 2 atom stereocenters. The number of rotatable bonds is 5. The molecule has 0 bridgehead atoms. The number of H-pyrrole nitrogens is 1. The highest BCUT2D eigenvalue weighted by Gasteiger charge is 2.15. The Kier molecular flexibility index (Phi) is 4.24. The number of aromatic amines is 1. The second-order valence-electron chi connectivity index (χ2n) is 5.12. The molecule has 0 aliphatic heterocycles. The molecule has 0 spiro atoms. The van der Waals surface area contributed by atoms with E-state index >= 15 is 0 Å². The molecule has 0 radical (unpaired) electrons. The Hall–Kier alpha value is -1.36. The van der Waals surface area contributed by atoms with E-state index in [0.717, 1.165) is 22.4 Å². The van der Waals surface area contributed by atoms with Crippen molar-refractivity contribution in [2.75, 3.05) is 7.11 Å². The molecule has 1 N–H and O–H groups in total. The lowest BCUT2D eigenvalue weighted by atomic mass is 10.0. The van der Waals surface area contributed by atoms with Gasteiger partial charge in [-0.15, -0.1) is 0 Å². The number of fused-ring (bicyclic) bond motifs is 1. The normalized spacial score (nSPS) is 14.5. The van der Waals surface area contributed by atoms with Gasteiger partial charge < -0.3 is 9.72 Å². The fourth-order valence-electron chi connectivity index (χ4n) is 2.36. The second-order valence-corrected chi connectivity index (χ2v) is 5.51. The van der Waals surface area contributed by atoms with Crippen LogP contribution in [0.4, 0.5) is 0 Å².